The first-order valence-corrected chi connectivity index (χ1v) is 8.67. The maximum atomic E-state index is 4.84. The molecule has 1 aromatic carbocycles. The summed E-state index contributed by atoms with van der Waals surface area (Å²) in [6.45, 7) is 5.47. The van der Waals surface area contributed by atoms with Gasteiger partial charge in [-0.3, -0.25) is 4.40 Å². The molecule has 8 nitrogen and oxygen atoms in total. The molecular formula is C18H18N8. The monoisotopic (exact) mass is 346 g/mol. The molecule has 0 spiro atoms. The fourth-order valence-corrected chi connectivity index (χ4v) is 3.48. The molecule has 1 fully saturated rings. The molecule has 0 N–H and O–H groups in total. The van der Waals surface area contributed by atoms with Gasteiger partial charge in [-0.05, 0) is 19.1 Å². The van der Waals surface area contributed by atoms with E-state index in [1.54, 1.807) is 12.5 Å². The second kappa shape index (κ2) is 5.91. The van der Waals surface area contributed by atoms with Crippen LogP contribution in [0.25, 0.3) is 16.7 Å². The fraction of sp³-hybridized carbons (Fsp3) is 0.278. The second-order valence-corrected chi connectivity index (χ2v) is 6.41. The Hall–Kier alpha value is -3.29. The summed E-state index contributed by atoms with van der Waals surface area (Å²) in [5, 5.41) is 8.17. The van der Waals surface area contributed by atoms with E-state index in [1.165, 1.54) is 0 Å². The molecule has 0 atom stereocenters. The van der Waals surface area contributed by atoms with Crippen molar-refractivity contribution in [2.45, 2.75) is 6.92 Å². The summed E-state index contributed by atoms with van der Waals surface area (Å²) in [5.74, 6) is 1.85. The van der Waals surface area contributed by atoms with Crippen LogP contribution in [0.1, 0.15) is 5.69 Å². The number of fused-ring (bicyclic) bond motifs is 2. The third kappa shape index (κ3) is 2.42. The molecule has 5 rings (SSSR count). The van der Waals surface area contributed by atoms with E-state index in [2.05, 4.69) is 25.0 Å². The molecule has 0 radical (unpaired) electrons. The number of para-hydroxylation sites is 2. The largest absolute Gasteiger partial charge is 0.352 e. The third-order valence-electron chi connectivity index (χ3n) is 4.80. The van der Waals surface area contributed by atoms with Crippen LogP contribution in [-0.2, 0) is 0 Å². The van der Waals surface area contributed by atoms with Gasteiger partial charge in [-0.1, -0.05) is 12.1 Å². The van der Waals surface area contributed by atoms with Crippen LogP contribution in [-0.4, -0.2) is 55.7 Å². The van der Waals surface area contributed by atoms with Crippen LogP contribution in [0.4, 0.5) is 11.6 Å². The van der Waals surface area contributed by atoms with E-state index < -0.39 is 0 Å². The highest BCUT2D eigenvalue weighted by atomic mass is 15.3. The van der Waals surface area contributed by atoms with Crippen LogP contribution in [0.3, 0.4) is 0 Å². The number of aryl methyl sites for hydroxylation is 1. The van der Waals surface area contributed by atoms with Crippen molar-refractivity contribution in [3.05, 3.63) is 48.7 Å². The molecule has 130 valence electrons. The van der Waals surface area contributed by atoms with Gasteiger partial charge in [0.05, 0.1) is 16.7 Å². The second-order valence-electron chi connectivity index (χ2n) is 6.41. The first-order valence-electron chi connectivity index (χ1n) is 8.67. The van der Waals surface area contributed by atoms with Crippen molar-refractivity contribution in [3.8, 4) is 0 Å². The lowest BCUT2D eigenvalue weighted by molar-refractivity contribution is 0.640. The minimum absolute atomic E-state index is 0.794. The Morgan fingerprint density at radius 1 is 0.885 bits per heavy atom. The van der Waals surface area contributed by atoms with Gasteiger partial charge in [0.2, 0.25) is 5.65 Å². The van der Waals surface area contributed by atoms with Gasteiger partial charge >= 0.3 is 0 Å². The number of aromatic nitrogens is 6. The number of nitrogens with zero attached hydrogens (tertiary/aromatic N) is 8. The zero-order chi connectivity index (χ0) is 17.5. The molecule has 0 unspecified atom stereocenters. The van der Waals surface area contributed by atoms with Gasteiger partial charge in [0, 0.05) is 38.6 Å². The molecule has 1 aliphatic heterocycles. The number of rotatable bonds is 2. The number of anilines is 2. The Balaban J connectivity index is 1.40. The Labute approximate surface area is 150 Å². The molecular weight excluding hydrogens is 328 g/mol. The predicted octanol–water partition coefficient (Wildman–Crippen LogP) is 1.70. The molecule has 1 saturated heterocycles. The standard InChI is InChI=1S/C18H18N8/c1-13-16(22-15-5-3-2-4-14(15)21-13)24-8-10-25(11-9-24)17-18-23-20-12-26(18)7-6-19-17/h2-7,12H,8-11H2,1H3. The predicted molar refractivity (Wildman–Crippen MR) is 99.5 cm³/mol. The van der Waals surface area contributed by atoms with Crippen LogP contribution in [0.15, 0.2) is 43.0 Å². The van der Waals surface area contributed by atoms with Gasteiger partial charge < -0.3 is 9.80 Å². The van der Waals surface area contributed by atoms with Gasteiger partial charge in [-0.2, -0.15) is 0 Å². The number of benzene rings is 1. The summed E-state index contributed by atoms with van der Waals surface area (Å²) in [6.07, 6.45) is 5.35. The highest BCUT2D eigenvalue weighted by molar-refractivity contribution is 5.76. The van der Waals surface area contributed by atoms with Crippen molar-refractivity contribution < 1.29 is 0 Å². The quantitative estimate of drug-likeness (QED) is 0.547. The maximum absolute atomic E-state index is 4.84. The zero-order valence-electron chi connectivity index (χ0n) is 14.4. The molecule has 0 aliphatic carbocycles. The van der Waals surface area contributed by atoms with Gasteiger partial charge in [-0.25, -0.2) is 15.0 Å². The maximum Gasteiger partial charge on any atom is 0.203 e. The van der Waals surface area contributed by atoms with Crippen LogP contribution in [0.5, 0.6) is 0 Å². The van der Waals surface area contributed by atoms with Crippen molar-refractivity contribution in [3.63, 3.8) is 0 Å². The van der Waals surface area contributed by atoms with Crippen molar-refractivity contribution in [2.75, 3.05) is 36.0 Å². The fourth-order valence-electron chi connectivity index (χ4n) is 3.48. The molecule has 4 aromatic rings. The third-order valence-corrected chi connectivity index (χ3v) is 4.80. The van der Waals surface area contributed by atoms with Crippen molar-refractivity contribution >= 4 is 28.3 Å². The van der Waals surface area contributed by atoms with Crippen molar-refractivity contribution in [1.29, 1.82) is 0 Å². The zero-order valence-corrected chi connectivity index (χ0v) is 14.4. The summed E-state index contributed by atoms with van der Waals surface area (Å²) in [4.78, 5) is 18.6. The molecule has 4 heterocycles. The Morgan fingerprint density at radius 2 is 1.58 bits per heavy atom. The number of piperazine rings is 1. The molecule has 0 saturated carbocycles. The topological polar surface area (TPSA) is 75.3 Å². The van der Waals surface area contributed by atoms with E-state index in [0.717, 1.165) is 60.2 Å². The first kappa shape index (κ1) is 15.0. The summed E-state index contributed by atoms with van der Waals surface area (Å²) in [7, 11) is 0. The lowest BCUT2D eigenvalue weighted by atomic mass is 10.2. The Kier molecular flexibility index (Phi) is 3.41. The lowest BCUT2D eigenvalue weighted by Crippen LogP contribution is -2.47. The van der Waals surface area contributed by atoms with E-state index in [-0.39, 0.29) is 0 Å². The minimum Gasteiger partial charge on any atom is -0.352 e. The summed E-state index contributed by atoms with van der Waals surface area (Å²) in [6, 6.07) is 8.01. The minimum atomic E-state index is 0.794. The van der Waals surface area contributed by atoms with Crippen molar-refractivity contribution in [2.24, 2.45) is 0 Å². The number of hydrogen-bond donors (Lipinski definition) is 0. The summed E-state index contributed by atoms with van der Waals surface area (Å²) in [5.41, 5.74) is 3.64. The average molecular weight is 346 g/mol. The van der Waals surface area contributed by atoms with Gasteiger partial charge in [0.1, 0.15) is 6.33 Å². The van der Waals surface area contributed by atoms with Crippen LogP contribution in [0.2, 0.25) is 0 Å². The van der Waals surface area contributed by atoms with E-state index in [0.29, 0.717) is 0 Å². The summed E-state index contributed by atoms with van der Waals surface area (Å²) < 4.78 is 1.90. The van der Waals surface area contributed by atoms with Crippen LogP contribution in [0, 0.1) is 6.92 Å². The lowest BCUT2D eigenvalue weighted by Gasteiger charge is -2.36. The van der Waals surface area contributed by atoms with Crippen molar-refractivity contribution in [1.82, 2.24) is 29.5 Å². The average Bonchev–Trinajstić information content (AvgIpc) is 3.16. The van der Waals surface area contributed by atoms with Crippen LogP contribution >= 0.6 is 0 Å². The number of hydrogen-bond acceptors (Lipinski definition) is 7. The molecule has 1 aliphatic rings. The van der Waals surface area contributed by atoms with E-state index in [4.69, 9.17) is 9.97 Å². The first-order chi connectivity index (χ1) is 12.8. The summed E-state index contributed by atoms with van der Waals surface area (Å²) >= 11 is 0. The van der Waals surface area contributed by atoms with E-state index in [9.17, 15) is 0 Å². The normalized spacial score (nSPS) is 15.1. The molecule has 26 heavy (non-hydrogen) atoms. The van der Waals surface area contributed by atoms with Gasteiger partial charge in [-0.15, -0.1) is 10.2 Å². The van der Waals surface area contributed by atoms with Gasteiger partial charge in [0.25, 0.3) is 0 Å². The van der Waals surface area contributed by atoms with Crippen LogP contribution < -0.4 is 9.80 Å². The molecule has 0 amide bonds. The Morgan fingerprint density at radius 3 is 2.35 bits per heavy atom. The molecule has 3 aromatic heterocycles. The molecule has 0 bridgehead atoms. The smallest absolute Gasteiger partial charge is 0.203 e. The highest BCUT2D eigenvalue weighted by Gasteiger charge is 2.23. The highest BCUT2D eigenvalue weighted by Crippen LogP contribution is 2.23. The Bertz CT molecular complexity index is 1080. The van der Waals surface area contributed by atoms with E-state index in [1.807, 2.05) is 41.8 Å². The molecule has 8 heteroatoms. The van der Waals surface area contributed by atoms with Gasteiger partial charge in [0.15, 0.2) is 11.6 Å². The van der Waals surface area contributed by atoms with E-state index >= 15 is 0 Å². The SMILES string of the molecule is Cc1nc2ccccc2nc1N1CCN(c2nccn3cnnc23)CC1.